The Kier molecular flexibility index (Phi) is 7.02. The van der Waals surface area contributed by atoms with Crippen molar-refractivity contribution in [3.05, 3.63) is 0 Å². The number of fused-ring (bicyclic) bond motifs is 1. The van der Waals surface area contributed by atoms with Crippen LogP contribution in [-0.4, -0.2) is 53.8 Å². The van der Waals surface area contributed by atoms with Gasteiger partial charge in [-0.2, -0.15) is 0 Å². The summed E-state index contributed by atoms with van der Waals surface area (Å²) in [6, 6.07) is -0.719. The Bertz CT molecular complexity index is 469. The van der Waals surface area contributed by atoms with Gasteiger partial charge in [-0.25, -0.2) is 0 Å². The second-order valence-electron chi connectivity index (χ2n) is 6.85. The third-order valence-corrected chi connectivity index (χ3v) is 4.94. The number of nitrogens with two attached hydrogens (primary N) is 1. The number of hydrogen-bond donors (Lipinski definition) is 3. The molecule has 4 N–H and O–H groups in total. The first-order valence-electron chi connectivity index (χ1n) is 9.13. The molecular formula is C17H30N4O3. The highest BCUT2D eigenvalue weighted by Gasteiger charge is 2.38. The SMILES string of the molecule is C[C@@H](NC(=O)CCCCCN)C(=O)N[C@@H]1CC[C@@H]2CCCN2C1=O. The molecule has 0 aromatic heterocycles. The molecule has 2 rings (SSSR count). The Hall–Kier alpha value is -1.63. The number of carbonyl (C=O) groups excluding carboxylic acids is 3. The van der Waals surface area contributed by atoms with E-state index in [-0.39, 0.29) is 17.7 Å². The molecule has 7 heteroatoms. The fourth-order valence-corrected chi connectivity index (χ4v) is 3.53. The van der Waals surface area contributed by atoms with Crippen LogP contribution in [-0.2, 0) is 14.4 Å². The molecule has 24 heavy (non-hydrogen) atoms. The highest BCUT2D eigenvalue weighted by atomic mass is 16.2. The van der Waals surface area contributed by atoms with Crippen LogP contribution < -0.4 is 16.4 Å². The van der Waals surface area contributed by atoms with E-state index in [4.69, 9.17) is 5.73 Å². The van der Waals surface area contributed by atoms with Crippen LogP contribution in [0.15, 0.2) is 0 Å². The summed E-state index contributed by atoms with van der Waals surface area (Å²) in [6.07, 6.45) is 6.74. The number of nitrogens with one attached hydrogen (secondary N) is 2. The van der Waals surface area contributed by atoms with Gasteiger partial charge in [0, 0.05) is 19.0 Å². The summed E-state index contributed by atoms with van der Waals surface area (Å²) in [5.41, 5.74) is 5.41. The van der Waals surface area contributed by atoms with Gasteiger partial charge in [0.15, 0.2) is 0 Å². The minimum Gasteiger partial charge on any atom is -0.345 e. The van der Waals surface area contributed by atoms with E-state index < -0.39 is 12.1 Å². The van der Waals surface area contributed by atoms with Gasteiger partial charge in [0.25, 0.3) is 0 Å². The fraction of sp³-hybridized carbons (Fsp3) is 0.824. The lowest BCUT2D eigenvalue weighted by molar-refractivity contribution is -0.140. The zero-order valence-electron chi connectivity index (χ0n) is 14.6. The lowest BCUT2D eigenvalue weighted by atomic mass is 9.98. The number of piperidine rings is 1. The fourth-order valence-electron chi connectivity index (χ4n) is 3.53. The van der Waals surface area contributed by atoms with Crippen LogP contribution >= 0.6 is 0 Å². The molecule has 0 aliphatic carbocycles. The number of carbonyl (C=O) groups is 3. The summed E-state index contributed by atoms with van der Waals surface area (Å²) in [4.78, 5) is 38.4. The van der Waals surface area contributed by atoms with Crippen LogP contribution in [0.3, 0.4) is 0 Å². The molecule has 0 unspecified atom stereocenters. The number of unbranched alkanes of at least 4 members (excludes halogenated alkanes) is 2. The normalized spacial score (nSPS) is 24.4. The van der Waals surface area contributed by atoms with Crippen LogP contribution in [0.4, 0.5) is 0 Å². The summed E-state index contributed by atoms with van der Waals surface area (Å²) in [7, 11) is 0. The number of rotatable bonds is 8. The summed E-state index contributed by atoms with van der Waals surface area (Å²) >= 11 is 0. The van der Waals surface area contributed by atoms with Gasteiger partial charge in [-0.1, -0.05) is 6.42 Å². The molecule has 136 valence electrons. The molecule has 2 fully saturated rings. The topological polar surface area (TPSA) is 105 Å². The number of amides is 3. The molecule has 0 saturated carbocycles. The third-order valence-electron chi connectivity index (χ3n) is 4.94. The molecule has 2 saturated heterocycles. The van der Waals surface area contributed by atoms with Gasteiger partial charge in [0.2, 0.25) is 17.7 Å². The summed E-state index contributed by atoms with van der Waals surface area (Å²) in [5.74, 6) is -0.400. The molecule has 0 radical (unpaired) electrons. The quantitative estimate of drug-likeness (QED) is 0.553. The van der Waals surface area contributed by atoms with E-state index in [1.807, 2.05) is 4.90 Å². The second-order valence-corrected chi connectivity index (χ2v) is 6.85. The Morgan fingerprint density at radius 1 is 1.25 bits per heavy atom. The first-order chi connectivity index (χ1) is 11.5. The number of hydrogen-bond acceptors (Lipinski definition) is 4. The minimum absolute atomic E-state index is 0.0254. The van der Waals surface area contributed by atoms with Crippen molar-refractivity contribution < 1.29 is 14.4 Å². The van der Waals surface area contributed by atoms with Crippen LogP contribution in [0.1, 0.15) is 58.3 Å². The largest absolute Gasteiger partial charge is 0.345 e. The van der Waals surface area contributed by atoms with Crippen molar-refractivity contribution >= 4 is 17.7 Å². The van der Waals surface area contributed by atoms with Crippen molar-refractivity contribution in [2.75, 3.05) is 13.1 Å². The van der Waals surface area contributed by atoms with Gasteiger partial charge in [-0.05, 0) is 52.0 Å². The van der Waals surface area contributed by atoms with Crippen LogP contribution in [0, 0.1) is 0 Å². The molecule has 0 spiro atoms. The van der Waals surface area contributed by atoms with Gasteiger partial charge < -0.3 is 21.3 Å². The predicted octanol–water partition coefficient (Wildman–Crippen LogP) is 0.280. The highest BCUT2D eigenvalue weighted by molar-refractivity contribution is 5.92. The van der Waals surface area contributed by atoms with Crippen LogP contribution in [0.2, 0.25) is 0 Å². The van der Waals surface area contributed by atoms with E-state index in [1.165, 1.54) is 0 Å². The van der Waals surface area contributed by atoms with Crippen LogP contribution in [0.25, 0.3) is 0 Å². The zero-order chi connectivity index (χ0) is 17.5. The average Bonchev–Trinajstić information content (AvgIpc) is 3.03. The van der Waals surface area contributed by atoms with Gasteiger partial charge in [0.1, 0.15) is 12.1 Å². The first kappa shape index (κ1) is 18.7. The summed E-state index contributed by atoms with van der Waals surface area (Å²) in [6.45, 7) is 3.08. The molecule has 0 aromatic rings. The molecule has 7 nitrogen and oxygen atoms in total. The third kappa shape index (κ3) is 4.93. The number of nitrogens with zero attached hydrogens (tertiary/aromatic N) is 1. The summed E-state index contributed by atoms with van der Waals surface area (Å²) in [5, 5.41) is 5.50. The smallest absolute Gasteiger partial charge is 0.245 e. The summed E-state index contributed by atoms with van der Waals surface area (Å²) < 4.78 is 0. The van der Waals surface area contributed by atoms with E-state index >= 15 is 0 Å². The molecule has 0 aromatic carbocycles. The maximum Gasteiger partial charge on any atom is 0.245 e. The van der Waals surface area contributed by atoms with Crippen LogP contribution in [0.5, 0.6) is 0 Å². The molecular weight excluding hydrogens is 308 g/mol. The van der Waals surface area contributed by atoms with E-state index in [9.17, 15) is 14.4 Å². The highest BCUT2D eigenvalue weighted by Crippen LogP contribution is 2.27. The Labute approximate surface area is 143 Å². The Morgan fingerprint density at radius 2 is 2.04 bits per heavy atom. The monoisotopic (exact) mass is 338 g/mol. The molecule has 3 atom stereocenters. The minimum atomic E-state index is -0.629. The van der Waals surface area contributed by atoms with E-state index in [1.54, 1.807) is 6.92 Å². The van der Waals surface area contributed by atoms with Gasteiger partial charge in [-0.15, -0.1) is 0 Å². The maximum atomic E-state index is 12.4. The predicted molar refractivity (Wildman–Crippen MR) is 91.0 cm³/mol. The van der Waals surface area contributed by atoms with E-state index in [2.05, 4.69) is 10.6 Å². The van der Waals surface area contributed by atoms with Gasteiger partial charge >= 0.3 is 0 Å². The first-order valence-corrected chi connectivity index (χ1v) is 9.13. The lowest BCUT2D eigenvalue weighted by Crippen LogP contribution is -2.57. The van der Waals surface area contributed by atoms with Crippen molar-refractivity contribution in [2.45, 2.75) is 76.4 Å². The Balaban J connectivity index is 1.73. The van der Waals surface area contributed by atoms with Crippen molar-refractivity contribution in [2.24, 2.45) is 5.73 Å². The average molecular weight is 338 g/mol. The second kappa shape index (κ2) is 9.01. The maximum absolute atomic E-state index is 12.4. The van der Waals surface area contributed by atoms with E-state index in [0.717, 1.165) is 45.1 Å². The van der Waals surface area contributed by atoms with Gasteiger partial charge in [0.05, 0.1) is 0 Å². The molecule has 2 heterocycles. The van der Waals surface area contributed by atoms with Gasteiger partial charge in [-0.3, -0.25) is 14.4 Å². The standard InChI is InChI=1S/C17H30N4O3/c1-12(19-15(22)7-3-2-4-10-18)16(23)20-14-9-8-13-6-5-11-21(13)17(14)24/h12-14H,2-11,18H2,1H3,(H,19,22)(H,20,23)/t12-,13+,14-/m1/s1. The van der Waals surface area contributed by atoms with E-state index in [0.29, 0.717) is 25.4 Å². The lowest BCUT2D eigenvalue weighted by Gasteiger charge is -2.35. The molecule has 2 aliphatic heterocycles. The zero-order valence-corrected chi connectivity index (χ0v) is 14.6. The van der Waals surface area contributed by atoms with Crippen molar-refractivity contribution in [3.8, 4) is 0 Å². The Morgan fingerprint density at radius 3 is 2.79 bits per heavy atom. The van der Waals surface area contributed by atoms with Crippen molar-refractivity contribution in [1.82, 2.24) is 15.5 Å². The molecule has 2 aliphatic rings. The van der Waals surface area contributed by atoms with Crippen molar-refractivity contribution in [1.29, 1.82) is 0 Å². The molecule has 0 bridgehead atoms. The molecule has 3 amide bonds. The van der Waals surface area contributed by atoms with Crippen molar-refractivity contribution in [3.63, 3.8) is 0 Å².